The molecule has 2 aromatic rings. The third kappa shape index (κ3) is 4.94. The molecule has 0 bridgehead atoms. The highest BCUT2D eigenvalue weighted by Gasteiger charge is 2.23. The van der Waals surface area contributed by atoms with Crippen molar-refractivity contribution in [3.8, 4) is 0 Å². The van der Waals surface area contributed by atoms with E-state index in [9.17, 15) is 9.18 Å². The molecular formula is C19H20ClFN2O2. The molecule has 1 heterocycles. The fourth-order valence-corrected chi connectivity index (χ4v) is 3.24. The number of alkyl halides is 1. The monoisotopic (exact) mass is 362 g/mol. The van der Waals surface area contributed by atoms with Gasteiger partial charge in [-0.15, -0.1) is 0 Å². The maximum absolute atomic E-state index is 13.2. The van der Waals surface area contributed by atoms with Crippen molar-refractivity contribution >= 4 is 28.9 Å². The first-order chi connectivity index (χ1) is 12.0. The number of halogens is 2. The molecule has 1 amide bonds. The number of hydrogen-bond donors (Lipinski definition) is 1. The molecule has 25 heavy (non-hydrogen) atoms. The van der Waals surface area contributed by atoms with Gasteiger partial charge in [0.1, 0.15) is 11.4 Å². The van der Waals surface area contributed by atoms with Crippen LogP contribution in [0.4, 0.5) is 15.8 Å². The molecule has 2 atom stereocenters. The van der Waals surface area contributed by atoms with Crippen molar-refractivity contribution in [2.75, 3.05) is 23.3 Å². The van der Waals surface area contributed by atoms with Gasteiger partial charge in [-0.1, -0.05) is 23.7 Å². The number of rotatable bonds is 4. The smallest absolute Gasteiger partial charge is 0.228 e. The first kappa shape index (κ1) is 17.7. The number of carbonyl (C=O) groups excluding carboxylic acids is 1. The minimum absolute atomic E-state index is 0.0712. The topological polar surface area (TPSA) is 41.6 Å². The lowest BCUT2D eigenvalue weighted by molar-refractivity contribution is -0.115. The number of ether oxygens (including phenoxy) is 1. The van der Waals surface area contributed by atoms with Crippen LogP contribution >= 0.6 is 11.6 Å². The lowest BCUT2D eigenvalue weighted by Gasteiger charge is -2.35. The van der Waals surface area contributed by atoms with E-state index in [1.807, 2.05) is 31.2 Å². The Hall–Kier alpha value is -2.11. The van der Waals surface area contributed by atoms with Gasteiger partial charge in [0.15, 0.2) is 0 Å². The van der Waals surface area contributed by atoms with Crippen molar-refractivity contribution in [2.45, 2.75) is 25.0 Å². The normalized spacial score (nSPS) is 20.4. The van der Waals surface area contributed by atoms with Gasteiger partial charge in [-0.25, -0.2) is 4.39 Å². The summed E-state index contributed by atoms with van der Waals surface area (Å²) in [6.45, 7) is 3.38. The number of amides is 1. The van der Waals surface area contributed by atoms with E-state index < -0.39 is 0 Å². The summed E-state index contributed by atoms with van der Waals surface area (Å²) in [5.41, 5.74) is 2.05. The Bertz CT molecular complexity index is 728. The van der Waals surface area contributed by atoms with Gasteiger partial charge < -0.3 is 15.0 Å². The molecule has 0 saturated carbocycles. The second-order valence-corrected chi connectivity index (χ2v) is 6.65. The van der Waals surface area contributed by atoms with E-state index >= 15 is 0 Å². The van der Waals surface area contributed by atoms with E-state index in [4.69, 9.17) is 16.3 Å². The van der Waals surface area contributed by atoms with Crippen LogP contribution in [0, 0.1) is 5.82 Å². The van der Waals surface area contributed by atoms with E-state index in [0.29, 0.717) is 17.8 Å². The summed E-state index contributed by atoms with van der Waals surface area (Å²) in [6, 6.07) is 13.6. The fraction of sp³-hybridized carbons (Fsp3) is 0.316. The van der Waals surface area contributed by atoms with Gasteiger partial charge in [-0.05, 0) is 48.9 Å². The van der Waals surface area contributed by atoms with E-state index in [0.717, 1.165) is 12.2 Å². The van der Waals surface area contributed by atoms with Crippen LogP contribution in [0.2, 0.25) is 0 Å². The Morgan fingerprint density at radius 3 is 2.72 bits per heavy atom. The molecule has 1 aliphatic rings. The van der Waals surface area contributed by atoms with E-state index in [-0.39, 0.29) is 29.8 Å². The zero-order valence-corrected chi connectivity index (χ0v) is 14.7. The summed E-state index contributed by atoms with van der Waals surface area (Å²) < 4.78 is 18.7. The highest BCUT2D eigenvalue weighted by molar-refractivity contribution is 6.20. The molecule has 0 radical (unpaired) electrons. The second kappa shape index (κ2) is 7.85. The van der Waals surface area contributed by atoms with Crippen molar-refractivity contribution < 1.29 is 13.9 Å². The molecule has 4 nitrogen and oxygen atoms in total. The van der Waals surface area contributed by atoms with Gasteiger partial charge in [-0.3, -0.25) is 4.79 Å². The zero-order valence-electron chi connectivity index (χ0n) is 13.9. The number of nitrogens with one attached hydrogen (secondary N) is 1. The zero-order chi connectivity index (χ0) is 17.8. The largest absolute Gasteiger partial charge is 0.365 e. The molecule has 3 rings (SSSR count). The first-order valence-corrected chi connectivity index (χ1v) is 8.62. The minimum Gasteiger partial charge on any atom is -0.365 e. The molecule has 132 valence electrons. The molecule has 2 aromatic carbocycles. The molecule has 0 spiro atoms. The van der Waals surface area contributed by atoms with E-state index in [1.54, 1.807) is 12.1 Å². The van der Waals surface area contributed by atoms with Crippen molar-refractivity contribution in [1.29, 1.82) is 0 Å². The Kier molecular flexibility index (Phi) is 5.56. The Morgan fingerprint density at radius 2 is 2.04 bits per heavy atom. The number of morpholine rings is 1. The fourth-order valence-electron chi connectivity index (χ4n) is 2.90. The van der Waals surface area contributed by atoms with Gasteiger partial charge in [0.2, 0.25) is 5.91 Å². The van der Waals surface area contributed by atoms with Gasteiger partial charge in [0, 0.05) is 17.9 Å². The standard InChI is InChI=1S/C19H20ClFN2O2/c1-13-11-23(12-18(20)25-13)17-7-5-16(6-8-17)22-19(24)10-14-3-2-4-15(21)9-14/h2-9,13,18H,10-12H2,1H3,(H,22,24). The van der Waals surface area contributed by atoms with Crippen LogP contribution in [-0.4, -0.2) is 30.7 Å². The molecular weight excluding hydrogens is 343 g/mol. The van der Waals surface area contributed by atoms with Crippen molar-refractivity contribution in [3.05, 3.63) is 59.9 Å². The lowest BCUT2D eigenvalue weighted by Crippen LogP contribution is -2.44. The average molecular weight is 363 g/mol. The van der Waals surface area contributed by atoms with Crippen LogP contribution in [0.3, 0.4) is 0 Å². The molecule has 0 aliphatic carbocycles. The predicted molar refractivity (Wildman–Crippen MR) is 97.6 cm³/mol. The summed E-state index contributed by atoms with van der Waals surface area (Å²) in [6.07, 6.45) is 0.205. The highest BCUT2D eigenvalue weighted by Crippen LogP contribution is 2.23. The molecule has 1 saturated heterocycles. The van der Waals surface area contributed by atoms with Crippen molar-refractivity contribution in [1.82, 2.24) is 0 Å². The number of carbonyl (C=O) groups is 1. The van der Waals surface area contributed by atoms with E-state index in [1.165, 1.54) is 12.1 Å². The first-order valence-electron chi connectivity index (χ1n) is 8.18. The maximum atomic E-state index is 13.2. The lowest BCUT2D eigenvalue weighted by atomic mass is 10.1. The van der Waals surface area contributed by atoms with Crippen LogP contribution in [0.15, 0.2) is 48.5 Å². The van der Waals surface area contributed by atoms with Crippen LogP contribution in [0.1, 0.15) is 12.5 Å². The number of benzene rings is 2. The van der Waals surface area contributed by atoms with Crippen molar-refractivity contribution in [2.24, 2.45) is 0 Å². The van der Waals surface area contributed by atoms with Crippen LogP contribution in [0.25, 0.3) is 0 Å². The third-order valence-electron chi connectivity index (χ3n) is 3.99. The molecule has 2 unspecified atom stereocenters. The van der Waals surface area contributed by atoms with Crippen molar-refractivity contribution in [3.63, 3.8) is 0 Å². The molecule has 6 heteroatoms. The third-order valence-corrected chi connectivity index (χ3v) is 4.23. The second-order valence-electron chi connectivity index (χ2n) is 6.16. The van der Waals surface area contributed by atoms with Gasteiger partial charge >= 0.3 is 0 Å². The number of anilines is 2. The maximum Gasteiger partial charge on any atom is 0.228 e. The van der Waals surface area contributed by atoms with Crippen LogP contribution < -0.4 is 10.2 Å². The minimum atomic E-state index is -0.341. The Labute approximate surface area is 151 Å². The summed E-state index contributed by atoms with van der Waals surface area (Å²) in [4.78, 5) is 14.2. The molecule has 0 aromatic heterocycles. The number of nitrogens with zero attached hydrogens (tertiary/aromatic N) is 1. The molecule has 1 N–H and O–H groups in total. The highest BCUT2D eigenvalue weighted by atomic mass is 35.5. The van der Waals surface area contributed by atoms with E-state index in [2.05, 4.69) is 10.2 Å². The molecule has 1 fully saturated rings. The SMILES string of the molecule is CC1CN(c2ccc(NC(=O)Cc3cccc(F)c3)cc2)CC(Cl)O1. The van der Waals surface area contributed by atoms with Crippen LogP contribution in [-0.2, 0) is 16.0 Å². The molecule has 1 aliphatic heterocycles. The summed E-state index contributed by atoms with van der Waals surface area (Å²) in [5.74, 6) is -0.522. The summed E-state index contributed by atoms with van der Waals surface area (Å²) in [7, 11) is 0. The van der Waals surface area contributed by atoms with Crippen LogP contribution in [0.5, 0.6) is 0 Å². The van der Waals surface area contributed by atoms with Gasteiger partial charge in [-0.2, -0.15) is 0 Å². The summed E-state index contributed by atoms with van der Waals surface area (Å²) in [5, 5.41) is 2.83. The Morgan fingerprint density at radius 1 is 1.28 bits per heavy atom. The predicted octanol–water partition coefficient (Wildman–Crippen LogP) is 3.80. The van der Waals surface area contributed by atoms with Gasteiger partial charge in [0.25, 0.3) is 0 Å². The number of hydrogen-bond acceptors (Lipinski definition) is 3. The Balaban J connectivity index is 1.59. The summed E-state index contributed by atoms with van der Waals surface area (Å²) >= 11 is 6.10. The quantitative estimate of drug-likeness (QED) is 0.841. The van der Waals surface area contributed by atoms with Gasteiger partial charge in [0.05, 0.1) is 19.1 Å². The average Bonchev–Trinajstić information content (AvgIpc) is 2.54.